The van der Waals surface area contributed by atoms with Crippen LogP contribution < -0.4 is 0 Å². The Kier molecular flexibility index (Phi) is 3.87. The van der Waals surface area contributed by atoms with Crippen LogP contribution in [0.1, 0.15) is 19.3 Å². The number of Topliss-reactive ketones (excluding diaryl/α,β-unsaturated/α-hetero) is 1. The van der Waals surface area contributed by atoms with Gasteiger partial charge in [0, 0.05) is 15.8 Å². The van der Waals surface area contributed by atoms with E-state index in [2.05, 4.69) is 15.9 Å². The van der Waals surface area contributed by atoms with E-state index in [1.807, 2.05) is 24.3 Å². The van der Waals surface area contributed by atoms with Gasteiger partial charge in [0.05, 0.1) is 5.75 Å². The van der Waals surface area contributed by atoms with Crippen LogP contribution in [-0.4, -0.2) is 11.5 Å². The highest BCUT2D eigenvalue weighted by atomic mass is 79.9. The maximum atomic E-state index is 11.5. The smallest absolute Gasteiger partial charge is 0.143 e. The molecule has 0 amide bonds. The molecule has 1 aromatic carbocycles. The third-order valence-electron chi connectivity index (χ3n) is 2.43. The van der Waals surface area contributed by atoms with Gasteiger partial charge in [-0.25, -0.2) is 0 Å². The molecule has 3 heteroatoms. The summed E-state index contributed by atoms with van der Waals surface area (Å²) >= 11 is 5.03. The third-order valence-corrected chi connectivity index (χ3v) is 4.03. The van der Waals surface area contributed by atoms with E-state index in [9.17, 15) is 4.79 Å². The van der Waals surface area contributed by atoms with Crippen LogP contribution in [0, 0.1) is 5.92 Å². The lowest BCUT2D eigenvalue weighted by Gasteiger charge is -2.00. The van der Waals surface area contributed by atoms with Crippen molar-refractivity contribution in [1.82, 2.24) is 0 Å². The molecule has 0 heterocycles. The second-order valence-electron chi connectivity index (χ2n) is 3.93. The minimum Gasteiger partial charge on any atom is -0.299 e. The van der Waals surface area contributed by atoms with Crippen molar-refractivity contribution in [3.63, 3.8) is 0 Å². The highest BCUT2D eigenvalue weighted by Gasteiger charge is 2.23. The van der Waals surface area contributed by atoms with Crippen LogP contribution in [0.2, 0.25) is 0 Å². The lowest BCUT2D eigenvalue weighted by Crippen LogP contribution is -2.01. The number of carbonyl (C=O) groups excluding carboxylic acids is 1. The molecule has 0 atom stereocenters. The molecule has 0 bridgehead atoms. The predicted octanol–water partition coefficient (Wildman–Crippen LogP) is 3.91. The van der Waals surface area contributed by atoms with Crippen molar-refractivity contribution in [2.24, 2.45) is 5.92 Å². The van der Waals surface area contributed by atoms with Gasteiger partial charge in [-0.2, -0.15) is 0 Å². The Bertz CT molecular complexity index is 343. The second kappa shape index (κ2) is 5.17. The zero-order valence-electron chi connectivity index (χ0n) is 8.41. The van der Waals surface area contributed by atoms with Crippen molar-refractivity contribution in [2.75, 3.05) is 5.75 Å². The topological polar surface area (TPSA) is 17.1 Å². The summed E-state index contributed by atoms with van der Waals surface area (Å²) in [5.41, 5.74) is 0. The third kappa shape index (κ3) is 3.99. The van der Waals surface area contributed by atoms with Gasteiger partial charge in [-0.15, -0.1) is 11.8 Å². The van der Waals surface area contributed by atoms with Crippen molar-refractivity contribution in [3.8, 4) is 0 Å². The normalized spacial score (nSPS) is 15.3. The summed E-state index contributed by atoms with van der Waals surface area (Å²) in [4.78, 5) is 12.7. The fraction of sp³-hybridized carbons (Fsp3) is 0.417. The van der Waals surface area contributed by atoms with E-state index in [4.69, 9.17) is 0 Å². The number of hydrogen-bond acceptors (Lipinski definition) is 2. The molecule has 15 heavy (non-hydrogen) atoms. The molecule has 0 aromatic heterocycles. The second-order valence-corrected chi connectivity index (χ2v) is 5.89. The Hall–Kier alpha value is -0.280. The van der Waals surface area contributed by atoms with Crippen LogP contribution in [0.4, 0.5) is 0 Å². The van der Waals surface area contributed by atoms with Crippen LogP contribution in [0.3, 0.4) is 0 Å². The predicted molar refractivity (Wildman–Crippen MR) is 67.2 cm³/mol. The van der Waals surface area contributed by atoms with Gasteiger partial charge in [-0.05, 0) is 43.0 Å². The summed E-state index contributed by atoms with van der Waals surface area (Å²) in [6.45, 7) is 0. The van der Waals surface area contributed by atoms with Gasteiger partial charge in [-0.1, -0.05) is 15.9 Å². The fourth-order valence-electron chi connectivity index (χ4n) is 1.40. The Morgan fingerprint density at radius 3 is 2.60 bits per heavy atom. The first-order valence-electron chi connectivity index (χ1n) is 5.14. The number of rotatable bonds is 5. The lowest BCUT2D eigenvalue weighted by molar-refractivity contribution is -0.116. The first-order chi connectivity index (χ1) is 7.24. The van der Waals surface area contributed by atoms with Gasteiger partial charge < -0.3 is 0 Å². The first kappa shape index (κ1) is 11.2. The number of thioether (sulfide) groups is 1. The van der Waals surface area contributed by atoms with Gasteiger partial charge in [-0.3, -0.25) is 4.79 Å². The summed E-state index contributed by atoms with van der Waals surface area (Å²) < 4.78 is 1.08. The summed E-state index contributed by atoms with van der Waals surface area (Å²) in [5, 5.41) is 0. The molecule has 0 spiro atoms. The monoisotopic (exact) mass is 284 g/mol. The van der Waals surface area contributed by atoms with E-state index in [0.29, 0.717) is 17.5 Å². The van der Waals surface area contributed by atoms with E-state index in [-0.39, 0.29) is 0 Å². The van der Waals surface area contributed by atoms with Crippen LogP contribution in [-0.2, 0) is 4.79 Å². The van der Waals surface area contributed by atoms with Gasteiger partial charge >= 0.3 is 0 Å². The minimum absolute atomic E-state index is 0.394. The molecule has 1 nitrogen and oxygen atoms in total. The average Bonchev–Trinajstić information content (AvgIpc) is 3.01. The molecular formula is C12H13BrOS. The molecule has 1 aliphatic carbocycles. The molecular weight excluding hydrogens is 272 g/mol. The van der Waals surface area contributed by atoms with Gasteiger partial charge in [0.1, 0.15) is 5.78 Å². The standard InChI is InChI=1S/C12H13BrOS/c13-10-3-5-12(6-4-10)15-8-11(14)7-9-1-2-9/h3-6,9H,1-2,7-8H2. The fourth-order valence-corrected chi connectivity index (χ4v) is 2.44. The van der Waals surface area contributed by atoms with E-state index in [1.165, 1.54) is 17.7 Å². The molecule has 80 valence electrons. The number of carbonyl (C=O) groups is 1. The van der Waals surface area contributed by atoms with Gasteiger partial charge in [0.2, 0.25) is 0 Å². The number of hydrogen-bond donors (Lipinski definition) is 0. The SMILES string of the molecule is O=C(CSc1ccc(Br)cc1)CC1CC1. The zero-order chi connectivity index (χ0) is 10.7. The Labute approximate surface area is 103 Å². The van der Waals surface area contributed by atoms with Crippen molar-refractivity contribution in [2.45, 2.75) is 24.2 Å². The van der Waals surface area contributed by atoms with Crippen molar-refractivity contribution in [3.05, 3.63) is 28.7 Å². The van der Waals surface area contributed by atoms with E-state index < -0.39 is 0 Å². The first-order valence-corrected chi connectivity index (χ1v) is 6.92. The Morgan fingerprint density at radius 2 is 2.00 bits per heavy atom. The molecule has 2 rings (SSSR count). The summed E-state index contributed by atoms with van der Waals surface area (Å²) in [7, 11) is 0. The lowest BCUT2D eigenvalue weighted by atomic mass is 10.2. The van der Waals surface area contributed by atoms with Crippen LogP contribution in [0.5, 0.6) is 0 Å². The molecule has 0 saturated heterocycles. The quantitative estimate of drug-likeness (QED) is 0.763. The maximum Gasteiger partial charge on any atom is 0.143 e. The maximum absolute atomic E-state index is 11.5. The van der Waals surface area contributed by atoms with E-state index in [0.717, 1.165) is 10.9 Å². The minimum atomic E-state index is 0.394. The zero-order valence-corrected chi connectivity index (χ0v) is 10.8. The van der Waals surface area contributed by atoms with E-state index in [1.54, 1.807) is 11.8 Å². The molecule has 1 aliphatic rings. The molecule has 0 aliphatic heterocycles. The number of benzene rings is 1. The molecule has 1 fully saturated rings. The van der Waals surface area contributed by atoms with Crippen molar-refractivity contribution < 1.29 is 4.79 Å². The highest BCUT2D eigenvalue weighted by Crippen LogP contribution is 2.33. The van der Waals surface area contributed by atoms with Gasteiger partial charge in [0.25, 0.3) is 0 Å². The Balaban J connectivity index is 1.76. The molecule has 0 N–H and O–H groups in total. The Morgan fingerprint density at radius 1 is 1.33 bits per heavy atom. The average molecular weight is 285 g/mol. The van der Waals surface area contributed by atoms with Crippen LogP contribution in [0.25, 0.3) is 0 Å². The van der Waals surface area contributed by atoms with Crippen LogP contribution >= 0.6 is 27.7 Å². The van der Waals surface area contributed by atoms with Gasteiger partial charge in [0.15, 0.2) is 0 Å². The van der Waals surface area contributed by atoms with Crippen molar-refractivity contribution in [1.29, 1.82) is 0 Å². The molecule has 0 unspecified atom stereocenters. The molecule has 0 radical (unpaired) electrons. The summed E-state index contributed by atoms with van der Waals surface area (Å²) in [6, 6.07) is 8.10. The van der Waals surface area contributed by atoms with Crippen LogP contribution in [0.15, 0.2) is 33.6 Å². The summed E-state index contributed by atoms with van der Waals surface area (Å²) in [6.07, 6.45) is 3.31. The molecule has 1 saturated carbocycles. The number of ketones is 1. The highest BCUT2D eigenvalue weighted by molar-refractivity contribution is 9.10. The molecule has 1 aromatic rings. The van der Waals surface area contributed by atoms with E-state index >= 15 is 0 Å². The van der Waals surface area contributed by atoms with Crippen molar-refractivity contribution >= 4 is 33.5 Å². The summed E-state index contributed by atoms with van der Waals surface area (Å²) in [5.74, 6) is 1.73. The largest absolute Gasteiger partial charge is 0.299 e. The number of halogens is 1.